The van der Waals surface area contributed by atoms with Gasteiger partial charge >= 0.3 is 0 Å². The number of benzene rings is 2. The van der Waals surface area contributed by atoms with Crippen LogP contribution in [0.1, 0.15) is 12.8 Å². The van der Waals surface area contributed by atoms with Crippen LogP contribution in [0, 0.1) is 0 Å². The standard InChI is InChI=1S/C20H16Cl4N2O2S2/c21-14-5-4-12(10-16(14)23)17-11-29-20(25-17)26-8-6-13(7-9-26)30(27,28)18-3-1-2-15(22)19(18)24/h1-5,10-11,13H,6-9H2. The number of sulfone groups is 1. The van der Waals surface area contributed by atoms with Gasteiger partial charge in [0, 0.05) is 24.0 Å². The number of rotatable bonds is 4. The normalized spacial score (nSPS) is 15.5. The molecule has 0 bridgehead atoms. The number of halogens is 4. The second-order valence-corrected chi connectivity index (χ2v) is 11.6. The van der Waals surface area contributed by atoms with Crippen LogP contribution in [0.2, 0.25) is 20.1 Å². The Kier molecular flexibility index (Phi) is 6.54. The van der Waals surface area contributed by atoms with Gasteiger partial charge in [-0.3, -0.25) is 0 Å². The molecule has 1 aliphatic heterocycles. The highest BCUT2D eigenvalue weighted by Crippen LogP contribution is 2.36. The van der Waals surface area contributed by atoms with E-state index in [2.05, 4.69) is 4.90 Å². The Balaban J connectivity index is 1.48. The Morgan fingerprint density at radius 1 is 0.967 bits per heavy atom. The predicted molar refractivity (Wildman–Crippen MR) is 126 cm³/mol. The lowest BCUT2D eigenvalue weighted by molar-refractivity contribution is 0.529. The summed E-state index contributed by atoms with van der Waals surface area (Å²) in [6, 6.07) is 10.1. The van der Waals surface area contributed by atoms with Gasteiger partial charge in [-0.1, -0.05) is 58.5 Å². The zero-order chi connectivity index (χ0) is 21.5. The third-order valence-corrected chi connectivity index (χ3v) is 9.96. The van der Waals surface area contributed by atoms with Gasteiger partial charge in [-0.25, -0.2) is 13.4 Å². The first-order chi connectivity index (χ1) is 14.3. The van der Waals surface area contributed by atoms with Crippen molar-refractivity contribution in [1.82, 2.24) is 4.98 Å². The van der Waals surface area contributed by atoms with Crippen LogP contribution in [0.25, 0.3) is 11.3 Å². The lowest BCUT2D eigenvalue weighted by Gasteiger charge is -2.31. The molecule has 10 heteroatoms. The summed E-state index contributed by atoms with van der Waals surface area (Å²) in [7, 11) is -3.55. The van der Waals surface area contributed by atoms with Crippen LogP contribution in [0.5, 0.6) is 0 Å². The number of aromatic nitrogens is 1. The van der Waals surface area contributed by atoms with E-state index in [1.54, 1.807) is 24.3 Å². The number of anilines is 1. The Labute approximate surface area is 199 Å². The fraction of sp³-hybridized carbons (Fsp3) is 0.250. The first kappa shape index (κ1) is 22.2. The second kappa shape index (κ2) is 8.85. The number of nitrogens with zero attached hydrogens (tertiary/aromatic N) is 2. The van der Waals surface area contributed by atoms with Crippen molar-refractivity contribution in [2.75, 3.05) is 18.0 Å². The molecule has 0 N–H and O–H groups in total. The van der Waals surface area contributed by atoms with Crippen molar-refractivity contribution in [3.63, 3.8) is 0 Å². The zero-order valence-corrected chi connectivity index (χ0v) is 20.1. The fourth-order valence-corrected chi connectivity index (χ4v) is 7.12. The SMILES string of the molecule is O=S(=O)(c1cccc(Cl)c1Cl)C1CCN(c2nc(-c3ccc(Cl)c(Cl)c3)cs2)CC1. The maximum Gasteiger partial charge on any atom is 0.185 e. The topological polar surface area (TPSA) is 50.3 Å². The average Bonchev–Trinajstić information content (AvgIpc) is 3.22. The minimum Gasteiger partial charge on any atom is -0.348 e. The highest BCUT2D eigenvalue weighted by molar-refractivity contribution is 7.92. The van der Waals surface area contributed by atoms with Crippen LogP contribution in [0.4, 0.5) is 5.13 Å². The highest BCUT2D eigenvalue weighted by Gasteiger charge is 2.33. The molecule has 0 atom stereocenters. The molecule has 0 unspecified atom stereocenters. The third-order valence-electron chi connectivity index (χ3n) is 5.08. The Morgan fingerprint density at radius 3 is 2.40 bits per heavy atom. The Hall–Kier alpha value is -1.02. The van der Waals surface area contributed by atoms with E-state index in [4.69, 9.17) is 51.4 Å². The first-order valence-electron chi connectivity index (χ1n) is 9.11. The van der Waals surface area contributed by atoms with E-state index in [-0.39, 0.29) is 14.9 Å². The molecule has 1 aliphatic rings. The van der Waals surface area contributed by atoms with Crippen LogP contribution >= 0.6 is 57.7 Å². The van der Waals surface area contributed by atoms with Gasteiger partial charge in [0.25, 0.3) is 0 Å². The largest absolute Gasteiger partial charge is 0.348 e. The summed E-state index contributed by atoms with van der Waals surface area (Å²) in [5.41, 5.74) is 1.70. The molecule has 0 amide bonds. The molecule has 30 heavy (non-hydrogen) atoms. The molecule has 0 saturated carbocycles. The molecule has 4 nitrogen and oxygen atoms in total. The van der Waals surface area contributed by atoms with Crippen molar-refractivity contribution >= 4 is 72.7 Å². The third kappa shape index (κ3) is 4.31. The molecule has 1 fully saturated rings. The summed E-state index contributed by atoms with van der Waals surface area (Å²) in [4.78, 5) is 6.91. The molecule has 2 aromatic carbocycles. The molecule has 1 saturated heterocycles. The lowest BCUT2D eigenvalue weighted by Crippen LogP contribution is -2.39. The maximum atomic E-state index is 13.1. The van der Waals surface area contributed by atoms with Crippen molar-refractivity contribution in [3.05, 3.63) is 61.9 Å². The van der Waals surface area contributed by atoms with E-state index in [0.29, 0.717) is 36.0 Å². The van der Waals surface area contributed by atoms with E-state index in [9.17, 15) is 8.42 Å². The smallest absolute Gasteiger partial charge is 0.185 e. The molecule has 3 aromatic rings. The number of piperidine rings is 1. The van der Waals surface area contributed by atoms with Crippen LogP contribution in [0.15, 0.2) is 46.7 Å². The summed E-state index contributed by atoms with van der Waals surface area (Å²) in [6.45, 7) is 1.19. The summed E-state index contributed by atoms with van der Waals surface area (Å²) < 4.78 is 26.1. The van der Waals surface area contributed by atoms with Crippen molar-refractivity contribution in [1.29, 1.82) is 0 Å². The average molecular weight is 522 g/mol. The van der Waals surface area contributed by atoms with Gasteiger partial charge in [0.2, 0.25) is 0 Å². The Morgan fingerprint density at radius 2 is 1.70 bits per heavy atom. The monoisotopic (exact) mass is 520 g/mol. The minimum atomic E-state index is -3.55. The van der Waals surface area contributed by atoms with Crippen molar-refractivity contribution in [2.45, 2.75) is 23.0 Å². The molecule has 1 aromatic heterocycles. The fourth-order valence-electron chi connectivity index (χ4n) is 3.44. The second-order valence-electron chi connectivity index (χ2n) is 6.93. The van der Waals surface area contributed by atoms with Crippen molar-refractivity contribution in [3.8, 4) is 11.3 Å². The van der Waals surface area contributed by atoms with Crippen LogP contribution in [-0.4, -0.2) is 31.7 Å². The van der Waals surface area contributed by atoms with Gasteiger partial charge in [0.15, 0.2) is 15.0 Å². The predicted octanol–water partition coefficient (Wildman–Crippen LogP) is 6.87. The van der Waals surface area contributed by atoms with E-state index in [1.165, 1.54) is 17.4 Å². The van der Waals surface area contributed by atoms with Crippen LogP contribution in [-0.2, 0) is 9.84 Å². The van der Waals surface area contributed by atoms with E-state index < -0.39 is 15.1 Å². The van der Waals surface area contributed by atoms with E-state index in [1.807, 2.05) is 11.4 Å². The number of hydrogen-bond donors (Lipinski definition) is 0. The summed E-state index contributed by atoms with van der Waals surface area (Å²) in [6.07, 6.45) is 0.986. The molecular weight excluding hydrogens is 506 g/mol. The van der Waals surface area contributed by atoms with Gasteiger partial charge in [-0.2, -0.15) is 0 Å². The molecular formula is C20H16Cl4N2O2S2. The van der Waals surface area contributed by atoms with Gasteiger partial charge in [-0.05, 0) is 37.1 Å². The first-order valence-corrected chi connectivity index (χ1v) is 13.0. The lowest BCUT2D eigenvalue weighted by atomic mass is 10.1. The van der Waals surface area contributed by atoms with Gasteiger partial charge in [0.1, 0.15) is 0 Å². The van der Waals surface area contributed by atoms with Crippen molar-refractivity contribution < 1.29 is 8.42 Å². The summed E-state index contributed by atoms with van der Waals surface area (Å²) in [5, 5.41) is 3.63. The van der Waals surface area contributed by atoms with Gasteiger partial charge in [-0.15, -0.1) is 11.3 Å². The summed E-state index contributed by atoms with van der Waals surface area (Å²) in [5.74, 6) is 0. The molecule has 158 valence electrons. The quantitative estimate of drug-likeness (QED) is 0.376. The van der Waals surface area contributed by atoms with Gasteiger partial charge in [0.05, 0.1) is 35.9 Å². The highest BCUT2D eigenvalue weighted by atomic mass is 35.5. The van der Waals surface area contributed by atoms with Crippen LogP contribution < -0.4 is 4.90 Å². The van der Waals surface area contributed by atoms with E-state index >= 15 is 0 Å². The van der Waals surface area contributed by atoms with Gasteiger partial charge < -0.3 is 4.90 Å². The molecule has 4 rings (SSSR count). The minimum absolute atomic E-state index is 0.0905. The van der Waals surface area contributed by atoms with Crippen molar-refractivity contribution in [2.24, 2.45) is 0 Å². The summed E-state index contributed by atoms with van der Waals surface area (Å²) >= 11 is 25.8. The Bertz CT molecular complexity index is 1190. The number of hydrogen-bond acceptors (Lipinski definition) is 5. The molecule has 2 heterocycles. The van der Waals surface area contributed by atoms with E-state index in [0.717, 1.165) is 16.4 Å². The molecule has 0 radical (unpaired) electrons. The molecule has 0 aliphatic carbocycles. The van der Waals surface area contributed by atoms with Crippen LogP contribution in [0.3, 0.4) is 0 Å². The maximum absolute atomic E-state index is 13.1. The molecule has 0 spiro atoms. The zero-order valence-electron chi connectivity index (χ0n) is 15.5. The number of thiazole rings is 1.